The molecule has 132 valence electrons. The van der Waals surface area contributed by atoms with Crippen LogP contribution < -0.4 is 10.2 Å². The Morgan fingerprint density at radius 2 is 1.88 bits per heavy atom. The number of carbonyl (C=O) groups excluding carboxylic acids is 1. The lowest BCUT2D eigenvalue weighted by Crippen LogP contribution is -2.35. The fourth-order valence-corrected chi connectivity index (χ4v) is 2.71. The Morgan fingerprint density at radius 1 is 1.08 bits per heavy atom. The number of para-hydroxylation sites is 1. The van der Waals surface area contributed by atoms with E-state index in [0.29, 0.717) is 12.4 Å². The molecule has 25 heavy (non-hydrogen) atoms. The number of benzene rings is 2. The van der Waals surface area contributed by atoms with E-state index in [9.17, 15) is 4.79 Å². The predicted octanol–water partition coefficient (Wildman–Crippen LogP) is 3.23. The summed E-state index contributed by atoms with van der Waals surface area (Å²) in [5, 5.41) is 0. The third-order valence-corrected chi connectivity index (χ3v) is 4.01. The van der Waals surface area contributed by atoms with Gasteiger partial charge in [0.05, 0.1) is 0 Å². The van der Waals surface area contributed by atoms with Gasteiger partial charge < -0.3 is 9.47 Å². The summed E-state index contributed by atoms with van der Waals surface area (Å²) in [6.07, 6.45) is 3.27. The van der Waals surface area contributed by atoms with Crippen molar-refractivity contribution in [2.45, 2.75) is 32.0 Å². The van der Waals surface area contributed by atoms with E-state index in [0.717, 1.165) is 31.2 Å². The zero-order chi connectivity index (χ0) is 17.3. The largest absolute Gasteiger partial charge is 0.483 e. The van der Waals surface area contributed by atoms with Crippen molar-refractivity contribution in [2.24, 2.45) is 0 Å². The molecule has 5 heteroatoms. The standard InChI is InChI=1S/C20H23NO4/c22-19(21-25-20-12-6-7-13-23-20)15-24-18-11-5-4-10-17(18)14-16-8-2-1-3-9-16/h1-5,8-11,20H,6-7,12-15H2,(H,21,22). The number of rotatable bonds is 7. The van der Waals surface area contributed by atoms with Gasteiger partial charge in [-0.3, -0.25) is 4.79 Å². The molecule has 2 aromatic rings. The summed E-state index contributed by atoms with van der Waals surface area (Å²) in [6, 6.07) is 17.9. The van der Waals surface area contributed by atoms with Crippen LogP contribution >= 0.6 is 0 Å². The summed E-state index contributed by atoms with van der Waals surface area (Å²) in [6.45, 7) is 0.572. The molecular formula is C20H23NO4. The molecule has 1 fully saturated rings. The Morgan fingerprint density at radius 3 is 2.68 bits per heavy atom. The molecule has 1 atom stereocenters. The zero-order valence-electron chi connectivity index (χ0n) is 14.1. The smallest absolute Gasteiger partial charge is 0.281 e. The molecule has 0 radical (unpaired) electrons. The van der Waals surface area contributed by atoms with Crippen molar-refractivity contribution >= 4 is 5.91 Å². The van der Waals surface area contributed by atoms with Gasteiger partial charge in [-0.1, -0.05) is 48.5 Å². The Labute approximate surface area is 147 Å². The summed E-state index contributed by atoms with van der Waals surface area (Å²) in [7, 11) is 0. The van der Waals surface area contributed by atoms with E-state index >= 15 is 0 Å². The first-order chi connectivity index (χ1) is 12.3. The molecule has 2 aromatic carbocycles. The molecule has 1 aliphatic heterocycles. The lowest BCUT2D eigenvalue weighted by molar-refractivity contribution is -0.201. The first-order valence-electron chi connectivity index (χ1n) is 8.62. The second-order valence-corrected chi connectivity index (χ2v) is 6.00. The van der Waals surface area contributed by atoms with Crippen molar-refractivity contribution in [1.29, 1.82) is 0 Å². The normalized spacial score (nSPS) is 17.0. The molecule has 1 aliphatic rings. The third-order valence-electron chi connectivity index (χ3n) is 4.01. The van der Waals surface area contributed by atoms with Gasteiger partial charge in [0.1, 0.15) is 5.75 Å². The fraction of sp³-hybridized carbons (Fsp3) is 0.350. The van der Waals surface area contributed by atoms with Crippen molar-refractivity contribution in [3.63, 3.8) is 0 Å². The van der Waals surface area contributed by atoms with Crippen LogP contribution in [0.1, 0.15) is 30.4 Å². The molecule has 0 aromatic heterocycles. The number of amides is 1. The van der Waals surface area contributed by atoms with Gasteiger partial charge in [-0.25, -0.2) is 10.3 Å². The van der Waals surface area contributed by atoms with E-state index in [1.165, 1.54) is 5.56 Å². The minimum absolute atomic E-state index is 0.0987. The van der Waals surface area contributed by atoms with Crippen LogP contribution in [0.2, 0.25) is 0 Å². The summed E-state index contributed by atoms with van der Waals surface area (Å²) >= 11 is 0. The molecule has 3 rings (SSSR count). The van der Waals surface area contributed by atoms with Crippen molar-refractivity contribution in [1.82, 2.24) is 5.48 Å². The topological polar surface area (TPSA) is 56.8 Å². The molecule has 0 aliphatic carbocycles. The van der Waals surface area contributed by atoms with Crippen LogP contribution in [0.25, 0.3) is 0 Å². The van der Waals surface area contributed by atoms with E-state index in [1.807, 2.05) is 42.5 Å². The second-order valence-electron chi connectivity index (χ2n) is 6.00. The van der Waals surface area contributed by atoms with E-state index in [-0.39, 0.29) is 18.8 Å². The number of hydroxylamine groups is 1. The minimum atomic E-state index is -0.358. The highest BCUT2D eigenvalue weighted by molar-refractivity contribution is 5.76. The lowest BCUT2D eigenvalue weighted by atomic mass is 10.0. The van der Waals surface area contributed by atoms with Crippen molar-refractivity contribution < 1.29 is 19.1 Å². The van der Waals surface area contributed by atoms with Gasteiger partial charge in [0.25, 0.3) is 5.91 Å². The molecular weight excluding hydrogens is 318 g/mol. The monoisotopic (exact) mass is 341 g/mol. The van der Waals surface area contributed by atoms with Gasteiger partial charge in [-0.05, 0) is 30.0 Å². The average Bonchev–Trinajstić information content (AvgIpc) is 2.67. The van der Waals surface area contributed by atoms with E-state index < -0.39 is 0 Å². The van der Waals surface area contributed by atoms with Crippen molar-refractivity contribution in [3.8, 4) is 5.75 Å². The molecule has 0 spiro atoms. The number of carbonyl (C=O) groups is 1. The van der Waals surface area contributed by atoms with Gasteiger partial charge in [0.15, 0.2) is 12.9 Å². The number of nitrogens with one attached hydrogen (secondary N) is 1. The Bertz CT molecular complexity index is 668. The molecule has 1 unspecified atom stereocenters. The first kappa shape index (κ1) is 17.5. The fourth-order valence-electron chi connectivity index (χ4n) is 2.71. The van der Waals surface area contributed by atoms with Crippen LogP contribution in [0.5, 0.6) is 5.75 Å². The molecule has 1 saturated heterocycles. The first-order valence-corrected chi connectivity index (χ1v) is 8.62. The van der Waals surface area contributed by atoms with Gasteiger partial charge in [-0.15, -0.1) is 0 Å². The van der Waals surface area contributed by atoms with E-state index in [1.54, 1.807) is 0 Å². The van der Waals surface area contributed by atoms with Crippen LogP contribution in [0, 0.1) is 0 Å². The molecule has 0 bridgehead atoms. The SMILES string of the molecule is O=C(COc1ccccc1Cc1ccccc1)NOC1CCCCO1. The van der Waals surface area contributed by atoms with Crippen molar-refractivity contribution in [3.05, 3.63) is 65.7 Å². The second kappa shape index (κ2) is 9.20. The Balaban J connectivity index is 1.49. The maximum atomic E-state index is 11.9. The Hall–Kier alpha value is -2.37. The summed E-state index contributed by atoms with van der Waals surface area (Å²) in [5.41, 5.74) is 4.64. The zero-order valence-corrected chi connectivity index (χ0v) is 14.1. The van der Waals surface area contributed by atoms with Gasteiger partial charge in [0, 0.05) is 19.4 Å². The highest BCUT2D eigenvalue weighted by atomic mass is 16.8. The summed E-state index contributed by atoms with van der Waals surface area (Å²) in [5.74, 6) is 0.374. The van der Waals surface area contributed by atoms with Crippen LogP contribution in [0.4, 0.5) is 0 Å². The molecule has 5 nitrogen and oxygen atoms in total. The van der Waals surface area contributed by atoms with Gasteiger partial charge >= 0.3 is 0 Å². The molecule has 1 heterocycles. The van der Waals surface area contributed by atoms with E-state index in [4.69, 9.17) is 14.3 Å². The van der Waals surface area contributed by atoms with Crippen LogP contribution in [0.3, 0.4) is 0 Å². The lowest BCUT2D eigenvalue weighted by Gasteiger charge is -2.22. The van der Waals surface area contributed by atoms with Crippen molar-refractivity contribution in [2.75, 3.05) is 13.2 Å². The Kier molecular flexibility index (Phi) is 6.42. The molecule has 1 amide bonds. The van der Waals surface area contributed by atoms with E-state index in [2.05, 4.69) is 17.6 Å². The highest BCUT2D eigenvalue weighted by Crippen LogP contribution is 2.21. The van der Waals surface area contributed by atoms with Gasteiger partial charge in [0.2, 0.25) is 0 Å². The van der Waals surface area contributed by atoms with Crippen LogP contribution in [-0.4, -0.2) is 25.4 Å². The summed E-state index contributed by atoms with van der Waals surface area (Å²) < 4.78 is 11.1. The average molecular weight is 341 g/mol. The number of hydrogen-bond donors (Lipinski definition) is 1. The molecule has 0 saturated carbocycles. The maximum Gasteiger partial charge on any atom is 0.281 e. The number of hydrogen-bond acceptors (Lipinski definition) is 4. The quantitative estimate of drug-likeness (QED) is 0.786. The minimum Gasteiger partial charge on any atom is -0.483 e. The third kappa shape index (κ3) is 5.59. The van der Waals surface area contributed by atoms with Crippen LogP contribution in [0.15, 0.2) is 54.6 Å². The van der Waals surface area contributed by atoms with Crippen LogP contribution in [-0.2, 0) is 20.8 Å². The van der Waals surface area contributed by atoms with Gasteiger partial charge in [-0.2, -0.15) is 0 Å². The number of ether oxygens (including phenoxy) is 2. The highest BCUT2D eigenvalue weighted by Gasteiger charge is 2.16. The maximum absolute atomic E-state index is 11.9. The summed E-state index contributed by atoms with van der Waals surface area (Å²) in [4.78, 5) is 17.2. The predicted molar refractivity (Wildman–Crippen MR) is 94.0 cm³/mol. The molecule has 1 N–H and O–H groups in total.